The predicted molar refractivity (Wildman–Crippen MR) is 107 cm³/mol. The summed E-state index contributed by atoms with van der Waals surface area (Å²) in [4.78, 5) is 13.0. The van der Waals surface area contributed by atoms with E-state index in [1.54, 1.807) is 42.5 Å². The van der Waals surface area contributed by atoms with E-state index >= 15 is 0 Å². The van der Waals surface area contributed by atoms with Gasteiger partial charge in [0.1, 0.15) is 5.25 Å². The Kier molecular flexibility index (Phi) is 5.81. The lowest BCUT2D eigenvalue weighted by molar-refractivity contribution is -0.137. The summed E-state index contributed by atoms with van der Waals surface area (Å²) in [5, 5.41) is 9.63. The number of furan rings is 1. The second-order valence-electron chi connectivity index (χ2n) is 6.33. The van der Waals surface area contributed by atoms with Gasteiger partial charge in [-0.1, -0.05) is 36.4 Å². The Bertz CT molecular complexity index is 1160. The number of alkyl halides is 3. The van der Waals surface area contributed by atoms with Crippen LogP contribution in [0.4, 0.5) is 18.9 Å². The van der Waals surface area contributed by atoms with Crippen LogP contribution in [-0.2, 0) is 11.0 Å². The van der Waals surface area contributed by atoms with E-state index in [4.69, 9.17) is 8.83 Å². The van der Waals surface area contributed by atoms with E-state index in [1.807, 2.05) is 0 Å². The first-order valence-corrected chi connectivity index (χ1v) is 9.85. The van der Waals surface area contributed by atoms with Gasteiger partial charge >= 0.3 is 6.18 Å². The van der Waals surface area contributed by atoms with Crippen LogP contribution in [0.2, 0.25) is 0 Å². The molecule has 0 saturated carbocycles. The molecule has 4 aromatic rings. The molecule has 0 radical (unpaired) electrons. The van der Waals surface area contributed by atoms with Crippen LogP contribution in [-0.4, -0.2) is 16.1 Å². The zero-order valence-electron chi connectivity index (χ0n) is 15.7. The number of thioether (sulfide) groups is 1. The third-order valence-electron chi connectivity index (χ3n) is 4.15. The van der Waals surface area contributed by atoms with Gasteiger partial charge in [0.25, 0.3) is 11.1 Å². The molecule has 158 valence electrons. The van der Waals surface area contributed by atoms with Gasteiger partial charge in [-0.05, 0) is 47.7 Å². The summed E-state index contributed by atoms with van der Waals surface area (Å²) < 4.78 is 49.7. The van der Waals surface area contributed by atoms with Crippen LogP contribution in [0.5, 0.6) is 0 Å². The van der Waals surface area contributed by atoms with Gasteiger partial charge in [-0.3, -0.25) is 4.79 Å². The summed E-state index contributed by atoms with van der Waals surface area (Å²) >= 11 is 0.981. The molecule has 2 heterocycles. The van der Waals surface area contributed by atoms with E-state index in [9.17, 15) is 18.0 Å². The number of halogens is 3. The molecule has 10 heteroatoms. The molecule has 2 aromatic heterocycles. The number of nitrogens with one attached hydrogen (secondary N) is 1. The standard InChI is InChI=1S/C21H14F3N3O3S/c22-21(23,24)14-8-4-9-15(12-14)25-18(28)17(13-6-2-1-3-7-13)31-20-27-26-19(30-20)16-10-5-11-29-16/h1-12,17H,(H,25,28). The van der Waals surface area contributed by atoms with Gasteiger partial charge in [0, 0.05) is 5.69 Å². The van der Waals surface area contributed by atoms with E-state index in [0.29, 0.717) is 11.3 Å². The van der Waals surface area contributed by atoms with E-state index in [2.05, 4.69) is 15.5 Å². The van der Waals surface area contributed by atoms with E-state index in [1.165, 1.54) is 18.4 Å². The average Bonchev–Trinajstić information content (AvgIpc) is 3.44. The minimum atomic E-state index is -4.51. The minimum absolute atomic E-state index is 0.0307. The van der Waals surface area contributed by atoms with Gasteiger partial charge in [0.05, 0.1) is 11.8 Å². The van der Waals surface area contributed by atoms with Crippen molar-refractivity contribution in [2.45, 2.75) is 16.6 Å². The van der Waals surface area contributed by atoms with Crippen molar-refractivity contribution in [2.75, 3.05) is 5.32 Å². The zero-order valence-corrected chi connectivity index (χ0v) is 16.5. The molecule has 0 aliphatic heterocycles. The molecule has 0 aliphatic rings. The Hall–Kier alpha value is -3.53. The van der Waals surface area contributed by atoms with E-state index in [-0.39, 0.29) is 16.8 Å². The lowest BCUT2D eigenvalue weighted by Crippen LogP contribution is -2.19. The molecule has 1 amide bonds. The van der Waals surface area contributed by atoms with Crippen molar-refractivity contribution < 1.29 is 26.8 Å². The third kappa shape index (κ3) is 4.97. The average molecular weight is 445 g/mol. The Morgan fingerprint density at radius 3 is 2.52 bits per heavy atom. The third-order valence-corrected chi connectivity index (χ3v) is 5.24. The molecule has 2 aromatic carbocycles. The molecule has 0 saturated heterocycles. The maximum absolute atomic E-state index is 13.0. The maximum atomic E-state index is 13.0. The van der Waals surface area contributed by atoms with Crippen LogP contribution < -0.4 is 5.32 Å². The number of carbonyl (C=O) groups is 1. The second kappa shape index (κ2) is 8.68. The highest BCUT2D eigenvalue weighted by molar-refractivity contribution is 8.00. The van der Waals surface area contributed by atoms with E-state index in [0.717, 1.165) is 23.9 Å². The lowest BCUT2D eigenvalue weighted by Gasteiger charge is -2.16. The predicted octanol–water partition coefficient (Wildman–Crippen LogP) is 5.82. The van der Waals surface area contributed by atoms with Crippen LogP contribution in [0.1, 0.15) is 16.4 Å². The molecule has 0 bridgehead atoms. The SMILES string of the molecule is O=C(Nc1cccc(C(F)(F)F)c1)C(Sc1nnc(-c2ccco2)o1)c1ccccc1. The number of rotatable bonds is 6. The molecule has 4 rings (SSSR count). The highest BCUT2D eigenvalue weighted by atomic mass is 32.2. The van der Waals surface area contributed by atoms with Crippen molar-refractivity contribution in [1.29, 1.82) is 0 Å². The normalized spacial score (nSPS) is 12.5. The van der Waals surface area contributed by atoms with Crippen molar-refractivity contribution >= 4 is 23.4 Å². The minimum Gasteiger partial charge on any atom is -0.459 e. The number of carbonyl (C=O) groups excluding carboxylic acids is 1. The van der Waals surface area contributed by atoms with Gasteiger partial charge in [0.2, 0.25) is 5.91 Å². The fourth-order valence-electron chi connectivity index (χ4n) is 2.74. The number of aromatic nitrogens is 2. The maximum Gasteiger partial charge on any atom is 0.416 e. The highest BCUT2D eigenvalue weighted by Gasteiger charge is 2.31. The van der Waals surface area contributed by atoms with Crippen molar-refractivity contribution in [3.63, 3.8) is 0 Å². The number of hydrogen-bond acceptors (Lipinski definition) is 6. The molecular weight excluding hydrogens is 431 g/mol. The first kappa shape index (κ1) is 20.7. The van der Waals surface area contributed by atoms with Gasteiger partial charge < -0.3 is 14.2 Å². The summed E-state index contributed by atoms with van der Waals surface area (Å²) in [6, 6.07) is 16.5. The smallest absolute Gasteiger partial charge is 0.416 e. The zero-order chi connectivity index (χ0) is 21.8. The number of amides is 1. The monoisotopic (exact) mass is 445 g/mol. The summed E-state index contributed by atoms with van der Waals surface area (Å²) in [5.41, 5.74) is -0.202. The summed E-state index contributed by atoms with van der Waals surface area (Å²) in [6.45, 7) is 0. The fourth-order valence-corrected chi connectivity index (χ4v) is 3.62. The number of anilines is 1. The molecule has 1 N–H and O–H groups in total. The fraction of sp³-hybridized carbons (Fsp3) is 0.0952. The largest absolute Gasteiger partial charge is 0.459 e. The second-order valence-corrected chi connectivity index (χ2v) is 7.38. The Morgan fingerprint density at radius 2 is 1.81 bits per heavy atom. The van der Waals surface area contributed by atoms with Gasteiger partial charge in [-0.25, -0.2) is 0 Å². The molecule has 31 heavy (non-hydrogen) atoms. The first-order valence-electron chi connectivity index (χ1n) is 8.97. The molecule has 0 fully saturated rings. The number of benzene rings is 2. The van der Waals surface area contributed by atoms with Crippen molar-refractivity contribution in [3.8, 4) is 11.7 Å². The van der Waals surface area contributed by atoms with Crippen molar-refractivity contribution in [1.82, 2.24) is 10.2 Å². The van der Waals surface area contributed by atoms with Crippen LogP contribution in [0.3, 0.4) is 0 Å². The van der Waals surface area contributed by atoms with Crippen LogP contribution in [0.15, 0.2) is 87.1 Å². The lowest BCUT2D eigenvalue weighted by atomic mass is 10.1. The molecule has 1 atom stereocenters. The van der Waals surface area contributed by atoms with Gasteiger partial charge in [-0.15, -0.1) is 10.2 Å². The Labute approximate surface area is 178 Å². The molecule has 0 aliphatic carbocycles. The first-order chi connectivity index (χ1) is 14.9. The van der Waals surface area contributed by atoms with E-state index < -0.39 is 22.9 Å². The summed E-state index contributed by atoms with van der Waals surface area (Å²) in [7, 11) is 0. The van der Waals surface area contributed by atoms with Crippen LogP contribution >= 0.6 is 11.8 Å². The van der Waals surface area contributed by atoms with Crippen molar-refractivity contribution in [3.05, 3.63) is 84.1 Å². The quantitative estimate of drug-likeness (QED) is 0.377. The molecule has 6 nitrogen and oxygen atoms in total. The highest BCUT2D eigenvalue weighted by Crippen LogP contribution is 2.37. The number of hydrogen-bond donors (Lipinski definition) is 1. The number of nitrogens with zero attached hydrogens (tertiary/aromatic N) is 2. The topological polar surface area (TPSA) is 81.2 Å². The van der Waals surface area contributed by atoms with Crippen LogP contribution in [0, 0.1) is 0 Å². The molecular formula is C21H14F3N3O3S. The Morgan fingerprint density at radius 1 is 1.00 bits per heavy atom. The van der Waals surface area contributed by atoms with Gasteiger partial charge in [0.15, 0.2) is 5.76 Å². The molecule has 1 unspecified atom stereocenters. The van der Waals surface area contributed by atoms with Gasteiger partial charge in [-0.2, -0.15) is 13.2 Å². The summed E-state index contributed by atoms with van der Waals surface area (Å²) in [5.74, 6) is -0.00472. The molecule has 0 spiro atoms. The Balaban J connectivity index is 1.58. The van der Waals surface area contributed by atoms with Crippen LogP contribution in [0.25, 0.3) is 11.7 Å². The van der Waals surface area contributed by atoms with Crippen molar-refractivity contribution in [2.24, 2.45) is 0 Å². The summed E-state index contributed by atoms with van der Waals surface area (Å²) in [6.07, 6.45) is -3.05.